The summed E-state index contributed by atoms with van der Waals surface area (Å²) in [6.07, 6.45) is 1.44. The minimum Gasteiger partial charge on any atom is -0.467 e. The summed E-state index contributed by atoms with van der Waals surface area (Å²) in [5.41, 5.74) is 0.560. The molecule has 1 aromatic rings. The van der Waals surface area contributed by atoms with E-state index in [1.54, 1.807) is 0 Å². The van der Waals surface area contributed by atoms with Gasteiger partial charge in [0.2, 0.25) is 5.28 Å². The number of aromatic nitrogens is 2. The number of hydrogen-bond acceptors (Lipinski definition) is 5. The van der Waals surface area contributed by atoms with Gasteiger partial charge in [-0.1, -0.05) is 11.6 Å². The van der Waals surface area contributed by atoms with Crippen LogP contribution in [0.15, 0.2) is 6.20 Å². The summed E-state index contributed by atoms with van der Waals surface area (Å²) in [6.45, 7) is -0.0133. The zero-order valence-corrected chi connectivity index (χ0v) is 9.38. The van der Waals surface area contributed by atoms with E-state index in [0.717, 1.165) is 0 Å². The van der Waals surface area contributed by atoms with Gasteiger partial charge in [-0.25, -0.2) is 14.8 Å². The second-order valence-corrected chi connectivity index (χ2v) is 3.22. The van der Waals surface area contributed by atoms with E-state index < -0.39 is 5.97 Å². The van der Waals surface area contributed by atoms with Gasteiger partial charge >= 0.3 is 5.97 Å². The van der Waals surface area contributed by atoms with Crippen molar-refractivity contribution in [3.05, 3.63) is 22.2 Å². The Bertz CT molecular complexity index is 360. The largest absolute Gasteiger partial charge is 0.467 e. The van der Waals surface area contributed by atoms with E-state index >= 15 is 0 Å². The highest BCUT2D eigenvalue weighted by Gasteiger charge is 2.05. The number of nitrogens with zero attached hydrogens (tertiary/aromatic N) is 2. The van der Waals surface area contributed by atoms with Crippen molar-refractivity contribution in [3.8, 4) is 0 Å². The molecule has 0 aromatic carbocycles. The molecule has 0 N–H and O–H groups in total. The van der Waals surface area contributed by atoms with Crippen LogP contribution in [-0.4, -0.2) is 29.7 Å². The third kappa shape index (κ3) is 3.99. The molecule has 0 saturated carbocycles. The number of methoxy groups -OCH3 is 1. The van der Waals surface area contributed by atoms with E-state index in [2.05, 4.69) is 14.7 Å². The standard InChI is InChI=1S/C8H8Cl2N2O3/c1-14-6(13)4-15-3-5-2-11-8(10)12-7(5)9/h2H,3-4H2,1H3. The highest BCUT2D eigenvalue weighted by molar-refractivity contribution is 6.32. The molecule has 1 rings (SSSR count). The average molecular weight is 251 g/mol. The maximum absolute atomic E-state index is 10.7. The molecule has 0 radical (unpaired) electrons. The minimum absolute atomic E-state index is 0.0664. The highest BCUT2D eigenvalue weighted by Crippen LogP contribution is 2.14. The highest BCUT2D eigenvalue weighted by atomic mass is 35.5. The van der Waals surface area contributed by atoms with Gasteiger partial charge in [0.1, 0.15) is 11.8 Å². The Hall–Kier alpha value is -0.910. The van der Waals surface area contributed by atoms with Crippen LogP contribution in [0.2, 0.25) is 10.4 Å². The molecule has 0 spiro atoms. The quantitative estimate of drug-likeness (QED) is 0.460. The number of rotatable bonds is 4. The van der Waals surface area contributed by atoms with Crippen molar-refractivity contribution in [3.63, 3.8) is 0 Å². The maximum atomic E-state index is 10.7. The number of hydrogen-bond donors (Lipinski definition) is 0. The summed E-state index contributed by atoms with van der Waals surface area (Å²) < 4.78 is 9.40. The SMILES string of the molecule is COC(=O)COCc1cnc(Cl)nc1Cl. The molecule has 1 heterocycles. The smallest absolute Gasteiger partial charge is 0.331 e. The molecular formula is C8H8Cl2N2O3. The Labute approximate surface area is 96.3 Å². The van der Waals surface area contributed by atoms with Crippen LogP contribution in [0.4, 0.5) is 0 Å². The minimum atomic E-state index is -0.457. The Morgan fingerprint density at radius 3 is 2.87 bits per heavy atom. The normalized spacial score (nSPS) is 10.1. The lowest BCUT2D eigenvalue weighted by Crippen LogP contribution is -2.10. The third-order valence-electron chi connectivity index (χ3n) is 1.49. The van der Waals surface area contributed by atoms with Crippen LogP contribution >= 0.6 is 23.2 Å². The van der Waals surface area contributed by atoms with Crippen molar-refractivity contribution < 1.29 is 14.3 Å². The zero-order chi connectivity index (χ0) is 11.3. The molecule has 0 unspecified atom stereocenters. The fourth-order valence-electron chi connectivity index (χ4n) is 0.766. The summed E-state index contributed by atoms with van der Waals surface area (Å²) in [7, 11) is 1.28. The van der Waals surface area contributed by atoms with Gasteiger partial charge in [-0.3, -0.25) is 0 Å². The van der Waals surface area contributed by atoms with Gasteiger partial charge in [-0.2, -0.15) is 0 Å². The number of carbonyl (C=O) groups excluding carboxylic acids is 1. The van der Waals surface area contributed by atoms with Gasteiger partial charge in [-0.05, 0) is 11.6 Å². The molecule has 0 aliphatic carbocycles. The van der Waals surface area contributed by atoms with E-state index in [9.17, 15) is 4.79 Å². The van der Waals surface area contributed by atoms with Crippen LogP contribution in [0.25, 0.3) is 0 Å². The average Bonchev–Trinajstić information content (AvgIpc) is 2.21. The molecule has 15 heavy (non-hydrogen) atoms. The van der Waals surface area contributed by atoms with E-state index in [1.165, 1.54) is 13.3 Å². The number of esters is 1. The van der Waals surface area contributed by atoms with Gasteiger partial charge in [-0.15, -0.1) is 0 Å². The molecule has 0 amide bonds. The Morgan fingerprint density at radius 1 is 1.53 bits per heavy atom. The van der Waals surface area contributed by atoms with Crippen LogP contribution in [-0.2, 0) is 20.9 Å². The van der Waals surface area contributed by atoms with Crippen molar-refractivity contribution >= 4 is 29.2 Å². The molecule has 1 aromatic heterocycles. The van der Waals surface area contributed by atoms with E-state index in [0.29, 0.717) is 5.56 Å². The van der Waals surface area contributed by atoms with Crippen molar-refractivity contribution in [1.29, 1.82) is 0 Å². The molecular weight excluding hydrogens is 243 g/mol. The van der Waals surface area contributed by atoms with Crippen molar-refractivity contribution in [2.45, 2.75) is 6.61 Å². The van der Waals surface area contributed by atoms with Crippen molar-refractivity contribution in [2.75, 3.05) is 13.7 Å². The second kappa shape index (κ2) is 5.85. The molecule has 5 nitrogen and oxygen atoms in total. The van der Waals surface area contributed by atoms with Crippen LogP contribution in [0.5, 0.6) is 0 Å². The topological polar surface area (TPSA) is 61.3 Å². The Morgan fingerprint density at radius 2 is 2.27 bits per heavy atom. The zero-order valence-electron chi connectivity index (χ0n) is 7.87. The molecule has 0 bridgehead atoms. The monoisotopic (exact) mass is 250 g/mol. The molecule has 82 valence electrons. The Kier molecular flexibility index (Phi) is 4.74. The first kappa shape index (κ1) is 12.2. The molecule has 0 aliphatic rings. The number of carbonyl (C=O) groups is 1. The van der Waals surface area contributed by atoms with Gasteiger partial charge in [0, 0.05) is 11.8 Å². The predicted octanol–water partition coefficient (Wildman–Crippen LogP) is 1.47. The summed E-state index contributed by atoms with van der Waals surface area (Å²) >= 11 is 11.2. The first-order chi connectivity index (χ1) is 7.13. The van der Waals surface area contributed by atoms with E-state index in [-0.39, 0.29) is 23.7 Å². The van der Waals surface area contributed by atoms with Gasteiger partial charge < -0.3 is 9.47 Å². The number of halogens is 2. The third-order valence-corrected chi connectivity index (χ3v) is 2.00. The van der Waals surface area contributed by atoms with Gasteiger partial charge in [0.05, 0.1) is 13.7 Å². The molecule has 7 heteroatoms. The second-order valence-electron chi connectivity index (χ2n) is 2.52. The summed E-state index contributed by atoms with van der Waals surface area (Å²) in [5.74, 6) is -0.457. The van der Waals surface area contributed by atoms with Crippen molar-refractivity contribution in [2.24, 2.45) is 0 Å². The van der Waals surface area contributed by atoms with Crippen LogP contribution < -0.4 is 0 Å². The fraction of sp³-hybridized carbons (Fsp3) is 0.375. The molecule has 0 atom stereocenters. The van der Waals surface area contributed by atoms with Gasteiger partial charge in [0.25, 0.3) is 0 Å². The number of ether oxygens (including phenoxy) is 2. The summed E-state index contributed by atoms with van der Waals surface area (Å²) in [5, 5.41) is 0.275. The predicted molar refractivity (Wildman–Crippen MR) is 53.7 cm³/mol. The van der Waals surface area contributed by atoms with Gasteiger partial charge in [0.15, 0.2) is 0 Å². The van der Waals surface area contributed by atoms with Crippen LogP contribution in [0.3, 0.4) is 0 Å². The fourth-order valence-corrected chi connectivity index (χ4v) is 1.13. The summed E-state index contributed by atoms with van der Waals surface area (Å²) in [6, 6.07) is 0. The van der Waals surface area contributed by atoms with E-state index in [1.807, 2.05) is 0 Å². The maximum Gasteiger partial charge on any atom is 0.331 e. The first-order valence-electron chi connectivity index (χ1n) is 3.95. The Balaban J connectivity index is 2.47. The molecule has 0 saturated heterocycles. The first-order valence-corrected chi connectivity index (χ1v) is 4.70. The van der Waals surface area contributed by atoms with E-state index in [4.69, 9.17) is 27.9 Å². The van der Waals surface area contributed by atoms with Crippen LogP contribution in [0.1, 0.15) is 5.56 Å². The lowest BCUT2D eigenvalue weighted by molar-refractivity contribution is -0.146. The lowest BCUT2D eigenvalue weighted by Gasteiger charge is -2.04. The molecule has 0 aliphatic heterocycles. The molecule has 0 fully saturated rings. The summed E-state index contributed by atoms with van der Waals surface area (Å²) in [4.78, 5) is 18.2. The van der Waals surface area contributed by atoms with Crippen LogP contribution in [0, 0.1) is 0 Å². The van der Waals surface area contributed by atoms with Crippen molar-refractivity contribution in [1.82, 2.24) is 9.97 Å². The lowest BCUT2D eigenvalue weighted by atomic mass is 10.4.